The molecule has 35 heavy (non-hydrogen) atoms. The van der Waals surface area contributed by atoms with Crippen molar-refractivity contribution in [2.75, 3.05) is 38.7 Å². The van der Waals surface area contributed by atoms with Gasteiger partial charge in [0.2, 0.25) is 0 Å². The average molecular weight is 514 g/mol. The minimum atomic E-state index is -0.271. The molecule has 3 aromatic rings. The van der Waals surface area contributed by atoms with Crippen molar-refractivity contribution < 1.29 is 14.3 Å². The van der Waals surface area contributed by atoms with Crippen LogP contribution in [0, 0.1) is 12.8 Å². The number of halogens is 1. The summed E-state index contributed by atoms with van der Waals surface area (Å²) in [6, 6.07) is 3.55. The number of thiazole rings is 1. The first-order valence-electron chi connectivity index (χ1n) is 11.8. The van der Waals surface area contributed by atoms with Gasteiger partial charge in [0.05, 0.1) is 24.6 Å². The highest BCUT2D eigenvalue weighted by Crippen LogP contribution is 2.35. The Bertz CT molecular complexity index is 1230. The summed E-state index contributed by atoms with van der Waals surface area (Å²) in [6.45, 7) is 6.58. The van der Waals surface area contributed by atoms with Crippen molar-refractivity contribution in [2.45, 2.75) is 32.7 Å². The smallest absolute Gasteiger partial charge is 0.259 e. The van der Waals surface area contributed by atoms with E-state index in [0.29, 0.717) is 38.6 Å². The fourth-order valence-corrected chi connectivity index (χ4v) is 5.87. The Morgan fingerprint density at radius 1 is 1.26 bits per heavy atom. The fourth-order valence-electron chi connectivity index (χ4n) is 4.67. The SMILES string of the molecule is COc1cnc(Cl)cc1-c1cc(C)ncc1C(=O)Nc1nc2c(s1)CN(CC1CCOCC1)CC2. The second kappa shape index (κ2) is 10.6. The summed E-state index contributed by atoms with van der Waals surface area (Å²) >= 11 is 7.71. The Labute approximate surface area is 213 Å². The number of rotatable bonds is 6. The zero-order valence-corrected chi connectivity index (χ0v) is 21.4. The van der Waals surface area contributed by atoms with Gasteiger partial charge in [0.1, 0.15) is 10.9 Å². The number of carbonyl (C=O) groups is 1. The van der Waals surface area contributed by atoms with E-state index >= 15 is 0 Å². The molecule has 1 fully saturated rings. The number of aromatic nitrogens is 3. The standard InChI is InChI=1S/C25H28ClN5O3S/c1-15-9-17(18-10-23(26)28-12-21(18)33-2)19(11-27-15)24(32)30-25-29-20-3-6-31(14-22(20)35-25)13-16-4-7-34-8-5-16/h9-12,16H,3-8,13-14H2,1-2H3,(H,29,30,32). The predicted molar refractivity (Wildman–Crippen MR) is 136 cm³/mol. The number of fused-ring (bicyclic) bond motifs is 1. The van der Waals surface area contributed by atoms with Gasteiger partial charge in [-0.2, -0.15) is 0 Å². The molecule has 1 N–H and O–H groups in total. The topological polar surface area (TPSA) is 89.5 Å². The summed E-state index contributed by atoms with van der Waals surface area (Å²) < 4.78 is 11.0. The normalized spacial score (nSPS) is 16.7. The molecule has 10 heteroatoms. The quantitative estimate of drug-likeness (QED) is 0.481. The summed E-state index contributed by atoms with van der Waals surface area (Å²) in [7, 11) is 1.56. The van der Waals surface area contributed by atoms with Crippen LogP contribution in [-0.2, 0) is 17.7 Å². The molecule has 0 unspecified atom stereocenters. The molecule has 184 valence electrons. The maximum Gasteiger partial charge on any atom is 0.259 e. The number of pyridine rings is 2. The van der Waals surface area contributed by atoms with Crippen molar-refractivity contribution in [1.82, 2.24) is 19.9 Å². The van der Waals surface area contributed by atoms with Gasteiger partial charge in [0.25, 0.3) is 5.91 Å². The maximum atomic E-state index is 13.3. The molecule has 0 aromatic carbocycles. The Kier molecular flexibility index (Phi) is 7.29. The van der Waals surface area contributed by atoms with Gasteiger partial charge in [-0.1, -0.05) is 11.6 Å². The highest BCUT2D eigenvalue weighted by molar-refractivity contribution is 7.15. The molecule has 5 heterocycles. The third kappa shape index (κ3) is 5.48. The maximum absolute atomic E-state index is 13.3. The number of amides is 1. The lowest BCUT2D eigenvalue weighted by Crippen LogP contribution is -2.36. The number of aryl methyl sites for hydroxylation is 1. The molecule has 0 spiro atoms. The highest BCUT2D eigenvalue weighted by atomic mass is 35.5. The summed E-state index contributed by atoms with van der Waals surface area (Å²) in [5, 5.41) is 3.93. The largest absolute Gasteiger partial charge is 0.494 e. The minimum Gasteiger partial charge on any atom is -0.494 e. The molecule has 8 nitrogen and oxygen atoms in total. The Morgan fingerprint density at radius 3 is 2.89 bits per heavy atom. The number of nitrogens with one attached hydrogen (secondary N) is 1. The lowest BCUT2D eigenvalue weighted by atomic mass is 9.99. The van der Waals surface area contributed by atoms with E-state index in [1.807, 2.05) is 13.0 Å². The average Bonchev–Trinajstić information content (AvgIpc) is 3.26. The molecular weight excluding hydrogens is 486 g/mol. The van der Waals surface area contributed by atoms with Crippen molar-refractivity contribution in [3.05, 3.63) is 51.5 Å². The zero-order chi connectivity index (χ0) is 24.4. The molecule has 1 amide bonds. The van der Waals surface area contributed by atoms with Gasteiger partial charge >= 0.3 is 0 Å². The number of ether oxygens (including phenoxy) is 2. The van der Waals surface area contributed by atoms with Gasteiger partial charge in [-0.3, -0.25) is 20.0 Å². The van der Waals surface area contributed by atoms with E-state index in [1.54, 1.807) is 36.9 Å². The van der Waals surface area contributed by atoms with Crippen LogP contribution in [0.2, 0.25) is 5.15 Å². The van der Waals surface area contributed by atoms with Crippen LogP contribution in [0.25, 0.3) is 11.1 Å². The molecule has 0 saturated carbocycles. The molecular formula is C25H28ClN5O3S. The van der Waals surface area contributed by atoms with E-state index in [0.717, 1.165) is 63.5 Å². The molecule has 0 bridgehead atoms. The molecule has 0 atom stereocenters. The van der Waals surface area contributed by atoms with Crippen molar-refractivity contribution >= 4 is 34.0 Å². The van der Waals surface area contributed by atoms with E-state index < -0.39 is 0 Å². The molecule has 2 aliphatic heterocycles. The summed E-state index contributed by atoms with van der Waals surface area (Å²) in [5.41, 5.74) is 3.65. The van der Waals surface area contributed by atoms with Crippen LogP contribution in [0.4, 0.5) is 5.13 Å². The number of carbonyl (C=O) groups excluding carboxylic acids is 1. The Balaban J connectivity index is 1.34. The van der Waals surface area contributed by atoms with Gasteiger partial charge in [0.15, 0.2) is 5.13 Å². The van der Waals surface area contributed by atoms with Crippen molar-refractivity contribution in [2.24, 2.45) is 5.92 Å². The van der Waals surface area contributed by atoms with Crippen LogP contribution in [0.15, 0.2) is 24.5 Å². The first kappa shape index (κ1) is 24.1. The number of hydrogen-bond donors (Lipinski definition) is 1. The van der Waals surface area contributed by atoms with E-state index in [1.165, 1.54) is 4.88 Å². The van der Waals surface area contributed by atoms with Crippen molar-refractivity contribution in [1.29, 1.82) is 0 Å². The fraction of sp³-hybridized carbons (Fsp3) is 0.440. The molecule has 1 saturated heterocycles. The summed E-state index contributed by atoms with van der Waals surface area (Å²) in [6.07, 6.45) is 6.30. The zero-order valence-electron chi connectivity index (χ0n) is 19.8. The lowest BCUT2D eigenvalue weighted by Gasteiger charge is -2.31. The third-order valence-corrected chi connectivity index (χ3v) is 7.72. The van der Waals surface area contributed by atoms with Crippen molar-refractivity contribution in [3.63, 3.8) is 0 Å². The number of nitrogens with zero attached hydrogens (tertiary/aromatic N) is 4. The van der Waals surface area contributed by atoms with Gasteiger partial charge in [-0.15, -0.1) is 11.3 Å². The number of methoxy groups -OCH3 is 1. The summed E-state index contributed by atoms with van der Waals surface area (Å²) in [5.74, 6) is 0.958. The van der Waals surface area contributed by atoms with Gasteiger partial charge in [0, 0.05) is 67.2 Å². The molecule has 5 rings (SSSR count). The highest BCUT2D eigenvalue weighted by Gasteiger charge is 2.25. The van der Waals surface area contributed by atoms with E-state index in [4.69, 9.17) is 26.1 Å². The lowest BCUT2D eigenvalue weighted by molar-refractivity contribution is 0.0507. The van der Waals surface area contributed by atoms with E-state index in [-0.39, 0.29) is 5.91 Å². The minimum absolute atomic E-state index is 0.271. The van der Waals surface area contributed by atoms with Gasteiger partial charge < -0.3 is 9.47 Å². The van der Waals surface area contributed by atoms with Crippen LogP contribution < -0.4 is 10.1 Å². The Hall–Kier alpha value is -2.59. The second-order valence-corrected chi connectivity index (χ2v) is 10.4. The predicted octanol–water partition coefficient (Wildman–Crippen LogP) is 4.61. The molecule has 3 aromatic heterocycles. The van der Waals surface area contributed by atoms with Crippen LogP contribution in [0.5, 0.6) is 5.75 Å². The van der Waals surface area contributed by atoms with Gasteiger partial charge in [-0.05, 0) is 37.8 Å². The van der Waals surface area contributed by atoms with E-state index in [9.17, 15) is 4.79 Å². The summed E-state index contributed by atoms with van der Waals surface area (Å²) in [4.78, 5) is 30.2. The molecule has 0 radical (unpaired) electrons. The van der Waals surface area contributed by atoms with Gasteiger partial charge in [-0.25, -0.2) is 9.97 Å². The third-order valence-electron chi connectivity index (χ3n) is 6.52. The van der Waals surface area contributed by atoms with Crippen LogP contribution >= 0.6 is 22.9 Å². The first-order chi connectivity index (χ1) is 17.0. The molecule has 0 aliphatic carbocycles. The van der Waals surface area contributed by atoms with Crippen LogP contribution in [-0.4, -0.2) is 59.2 Å². The number of anilines is 1. The molecule has 2 aliphatic rings. The second-order valence-electron chi connectivity index (χ2n) is 8.96. The Morgan fingerprint density at radius 2 is 2.09 bits per heavy atom. The number of hydrogen-bond acceptors (Lipinski definition) is 8. The monoisotopic (exact) mass is 513 g/mol. The van der Waals surface area contributed by atoms with Crippen molar-refractivity contribution in [3.8, 4) is 16.9 Å². The van der Waals surface area contributed by atoms with Crippen LogP contribution in [0.1, 0.15) is 39.5 Å². The first-order valence-corrected chi connectivity index (χ1v) is 13.0. The van der Waals surface area contributed by atoms with Crippen LogP contribution in [0.3, 0.4) is 0 Å². The van der Waals surface area contributed by atoms with E-state index in [2.05, 4.69) is 20.2 Å².